The van der Waals surface area contributed by atoms with Crippen LogP contribution in [0.2, 0.25) is 0 Å². The standard InChI is InChI=1S/C12H26N2O5/c15-7-8-18-10-13-5-3-1-2-4-6-14-11-19-9-12(16)17/h13-15H,1-11H2,(H,16,17). The van der Waals surface area contributed by atoms with Gasteiger partial charge in [0.05, 0.1) is 26.7 Å². The van der Waals surface area contributed by atoms with Crippen LogP contribution in [0.4, 0.5) is 0 Å². The fourth-order valence-corrected chi connectivity index (χ4v) is 1.42. The minimum Gasteiger partial charge on any atom is -0.480 e. The molecule has 0 aliphatic heterocycles. The molecular formula is C12H26N2O5. The topological polar surface area (TPSA) is 100 Å². The summed E-state index contributed by atoms with van der Waals surface area (Å²) in [7, 11) is 0. The largest absolute Gasteiger partial charge is 0.480 e. The van der Waals surface area contributed by atoms with E-state index >= 15 is 0 Å². The zero-order chi connectivity index (χ0) is 14.2. The summed E-state index contributed by atoms with van der Waals surface area (Å²) >= 11 is 0. The molecule has 7 nitrogen and oxygen atoms in total. The maximum Gasteiger partial charge on any atom is 0.329 e. The number of aliphatic hydroxyl groups is 1. The maximum atomic E-state index is 10.1. The van der Waals surface area contributed by atoms with Gasteiger partial charge in [-0.3, -0.25) is 10.6 Å². The first kappa shape index (κ1) is 18.3. The second-order valence-corrected chi connectivity index (χ2v) is 4.08. The van der Waals surface area contributed by atoms with Crippen LogP contribution in [0.1, 0.15) is 25.7 Å². The molecule has 0 aliphatic carbocycles. The molecule has 114 valence electrons. The predicted molar refractivity (Wildman–Crippen MR) is 70.8 cm³/mol. The molecule has 7 heteroatoms. The Labute approximate surface area is 114 Å². The van der Waals surface area contributed by atoms with Crippen molar-refractivity contribution < 1.29 is 24.5 Å². The van der Waals surface area contributed by atoms with Crippen molar-refractivity contribution in [1.29, 1.82) is 0 Å². The van der Waals surface area contributed by atoms with Gasteiger partial charge < -0.3 is 19.7 Å². The van der Waals surface area contributed by atoms with Crippen molar-refractivity contribution in [2.45, 2.75) is 25.7 Å². The molecule has 0 bridgehead atoms. The van der Waals surface area contributed by atoms with E-state index in [1.807, 2.05) is 0 Å². The summed E-state index contributed by atoms with van der Waals surface area (Å²) in [5.41, 5.74) is 0. The zero-order valence-corrected chi connectivity index (χ0v) is 11.4. The number of rotatable bonds is 15. The summed E-state index contributed by atoms with van der Waals surface area (Å²) in [5, 5.41) is 22.9. The van der Waals surface area contributed by atoms with Crippen LogP contribution >= 0.6 is 0 Å². The second kappa shape index (κ2) is 15.3. The van der Waals surface area contributed by atoms with Gasteiger partial charge in [0.25, 0.3) is 0 Å². The fourth-order valence-electron chi connectivity index (χ4n) is 1.42. The molecule has 0 aliphatic rings. The first-order valence-electron chi connectivity index (χ1n) is 6.67. The van der Waals surface area contributed by atoms with Crippen molar-refractivity contribution in [1.82, 2.24) is 10.6 Å². The lowest BCUT2D eigenvalue weighted by Gasteiger charge is -2.06. The number of ether oxygens (including phenoxy) is 2. The van der Waals surface area contributed by atoms with Crippen LogP contribution in [0.15, 0.2) is 0 Å². The van der Waals surface area contributed by atoms with Gasteiger partial charge in [-0.05, 0) is 25.9 Å². The molecule has 0 spiro atoms. The molecule has 4 N–H and O–H groups in total. The predicted octanol–water partition coefficient (Wildman–Crippen LogP) is -0.249. The number of carbonyl (C=O) groups is 1. The van der Waals surface area contributed by atoms with Gasteiger partial charge in [0, 0.05) is 0 Å². The van der Waals surface area contributed by atoms with E-state index in [2.05, 4.69) is 10.6 Å². The highest BCUT2D eigenvalue weighted by molar-refractivity contribution is 5.67. The van der Waals surface area contributed by atoms with E-state index in [0.717, 1.165) is 38.8 Å². The molecule has 0 fully saturated rings. The number of carboxylic acid groups (broad SMARTS) is 1. The number of carboxylic acids is 1. The van der Waals surface area contributed by atoms with Gasteiger partial charge in [0.1, 0.15) is 6.61 Å². The van der Waals surface area contributed by atoms with Crippen molar-refractivity contribution in [3.63, 3.8) is 0 Å². The van der Waals surface area contributed by atoms with E-state index in [4.69, 9.17) is 19.7 Å². The summed E-state index contributed by atoms with van der Waals surface area (Å²) in [6.45, 7) is 2.72. The third-order valence-electron chi connectivity index (χ3n) is 2.33. The van der Waals surface area contributed by atoms with Gasteiger partial charge in [-0.2, -0.15) is 0 Å². The molecule has 0 rings (SSSR count). The summed E-state index contributed by atoms with van der Waals surface area (Å²) < 4.78 is 9.89. The van der Waals surface area contributed by atoms with Gasteiger partial charge >= 0.3 is 5.97 Å². The lowest BCUT2D eigenvalue weighted by Crippen LogP contribution is -2.22. The molecule has 0 aromatic carbocycles. The minimum atomic E-state index is -0.947. The Bertz CT molecular complexity index is 205. The molecule has 19 heavy (non-hydrogen) atoms. The number of hydrogen-bond donors (Lipinski definition) is 4. The summed E-state index contributed by atoms with van der Waals surface area (Å²) in [4.78, 5) is 10.1. The van der Waals surface area contributed by atoms with E-state index in [1.165, 1.54) is 0 Å². The first-order chi connectivity index (χ1) is 9.27. The molecule has 0 heterocycles. The Kier molecular flexibility index (Phi) is 14.7. The van der Waals surface area contributed by atoms with Crippen LogP contribution in [0.5, 0.6) is 0 Å². The van der Waals surface area contributed by atoms with E-state index in [0.29, 0.717) is 13.3 Å². The van der Waals surface area contributed by atoms with Crippen LogP contribution in [-0.2, 0) is 14.3 Å². The van der Waals surface area contributed by atoms with Crippen LogP contribution in [-0.4, -0.2) is 62.6 Å². The Morgan fingerprint density at radius 1 is 0.947 bits per heavy atom. The summed E-state index contributed by atoms with van der Waals surface area (Å²) in [6, 6.07) is 0. The Hall–Kier alpha value is -0.730. The molecule has 0 amide bonds. The smallest absolute Gasteiger partial charge is 0.329 e. The molecular weight excluding hydrogens is 252 g/mol. The van der Waals surface area contributed by atoms with Crippen molar-refractivity contribution >= 4 is 5.97 Å². The van der Waals surface area contributed by atoms with Crippen LogP contribution < -0.4 is 10.6 Å². The molecule has 0 radical (unpaired) electrons. The van der Waals surface area contributed by atoms with E-state index < -0.39 is 5.97 Å². The monoisotopic (exact) mass is 278 g/mol. The molecule has 0 aromatic rings. The van der Waals surface area contributed by atoms with Gasteiger partial charge in [-0.15, -0.1) is 0 Å². The average molecular weight is 278 g/mol. The molecule has 0 saturated heterocycles. The molecule has 0 atom stereocenters. The van der Waals surface area contributed by atoms with Crippen LogP contribution in [0, 0.1) is 0 Å². The van der Waals surface area contributed by atoms with Crippen molar-refractivity contribution in [3.8, 4) is 0 Å². The van der Waals surface area contributed by atoms with Crippen molar-refractivity contribution in [2.24, 2.45) is 0 Å². The fraction of sp³-hybridized carbons (Fsp3) is 0.917. The van der Waals surface area contributed by atoms with Gasteiger partial charge in [-0.1, -0.05) is 12.8 Å². The highest BCUT2D eigenvalue weighted by Crippen LogP contribution is 1.97. The van der Waals surface area contributed by atoms with E-state index in [-0.39, 0.29) is 19.9 Å². The van der Waals surface area contributed by atoms with Gasteiger partial charge in [0.2, 0.25) is 0 Å². The van der Waals surface area contributed by atoms with Gasteiger partial charge in [-0.25, -0.2) is 4.79 Å². The Morgan fingerprint density at radius 3 is 2.05 bits per heavy atom. The minimum absolute atomic E-state index is 0.0604. The number of hydrogen-bond acceptors (Lipinski definition) is 6. The number of aliphatic carboxylic acids is 1. The van der Waals surface area contributed by atoms with Crippen molar-refractivity contribution in [2.75, 3.05) is 46.4 Å². The summed E-state index contributed by atoms with van der Waals surface area (Å²) in [5.74, 6) is -0.947. The van der Waals surface area contributed by atoms with E-state index in [1.54, 1.807) is 0 Å². The normalized spacial score (nSPS) is 10.8. The number of aliphatic hydroxyl groups excluding tert-OH is 1. The highest BCUT2D eigenvalue weighted by Gasteiger charge is 1.95. The number of nitrogens with one attached hydrogen (secondary N) is 2. The quantitative estimate of drug-likeness (QED) is 0.242. The van der Waals surface area contributed by atoms with Crippen LogP contribution in [0.25, 0.3) is 0 Å². The maximum absolute atomic E-state index is 10.1. The Balaban J connectivity index is 2.93. The first-order valence-corrected chi connectivity index (χ1v) is 6.67. The Morgan fingerprint density at radius 2 is 1.53 bits per heavy atom. The molecule has 0 aromatic heterocycles. The zero-order valence-electron chi connectivity index (χ0n) is 11.4. The molecule has 0 unspecified atom stereocenters. The van der Waals surface area contributed by atoms with Crippen LogP contribution in [0.3, 0.4) is 0 Å². The van der Waals surface area contributed by atoms with Gasteiger partial charge in [0.15, 0.2) is 0 Å². The second-order valence-electron chi connectivity index (χ2n) is 4.08. The average Bonchev–Trinajstić information content (AvgIpc) is 2.39. The van der Waals surface area contributed by atoms with E-state index in [9.17, 15) is 4.79 Å². The number of unbranched alkanes of at least 4 members (excludes halogenated alkanes) is 3. The summed E-state index contributed by atoms with van der Waals surface area (Å²) in [6.07, 6.45) is 4.42. The molecule has 0 saturated carbocycles. The SMILES string of the molecule is O=C(O)COCNCCCCCCNCOCCO. The third kappa shape index (κ3) is 17.3. The lowest BCUT2D eigenvalue weighted by molar-refractivity contribution is -0.142. The van der Waals surface area contributed by atoms with Crippen molar-refractivity contribution in [3.05, 3.63) is 0 Å². The third-order valence-corrected chi connectivity index (χ3v) is 2.33. The highest BCUT2D eigenvalue weighted by atomic mass is 16.5. The lowest BCUT2D eigenvalue weighted by atomic mass is 10.2.